The Morgan fingerprint density at radius 1 is 0.850 bits per heavy atom. The lowest BCUT2D eigenvalue weighted by Gasteiger charge is -2.18. The first-order chi connectivity index (χ1) is 9.88. The molecule has 0 atom stereocenters. The van der Waals surface area contributed by atoms with Gasteiger partial charge in [-0.25, -0.2) is 0 Å². The smallest absolute Gasteiger partial charge is 0.0635 e. The molecule has 2 heteroatoms. The van der Waals surface area contributed by atoms with E-state index in [2.05, 4.69) is 59.9 Å². The van der Waals surface area contributed by atoms with Crippen LogP contribution < -0.4 is 5.32 Å². The van der Waals surface area contributed by atoms with Crippen molar-refractivity contribution in [1.82, 2.24) is 5.32 Å². The maximum atomic E-state index is 8.67. The van der Waals surface area contributed by atoms with Gasteiger partial charge in [0.15, 0.2) is 0 Å². The fraction of sp³-hybridized carbons (Fsp3) is 0.278. The number of hydrogen-bond acceptors (Lipinski definition) is 2. The minimum absolute atomic E-state index is 0.369. The van der Waals surface area contributed by atoms with Gasteiger partial charge in [-0.15, -0.1) is 0 Å². The lowest BCUT2D eigenvalue weighted by Crippen LogP contribution is -2.33. The number of nitrogens with one attached hydrogen (secondary N) is 1. The monoisotopic (exact) mass is 264 g/mol. The molecule has 20 heavy (non-hydrogen) atoms. The summed E-state index contributed by atoms with van der Waals surface area (Å²) in [5.74, 6) is 0. The second-order valence-electron chi connectivity index (χ2n) is 4.94. The maximum Gasteiger partial charge on any atom is 0.0635 e. The average Bonchev–Trinajstić information content (AvgIpc) is 2.49. The van der Waals surface area contributed by atoms with E-state index in [1.165, 1.54) is 11.1 Å². The second kappa shape index (κ2) is 8.14. The van der Waals surface area contributed by atoms with E-state index in [9.17, 15) is 0 Å². The fourth-order valence-electron chi connectivity index (χ4n) is 2.35. The first-order valence-corrected chi connectivity index (χ1v) is 7.06. The highest BCUT2D eigenvalue weighted by Gasteiger charge is 2.09. The SMILES string of the molecule is N#CCCNC(Cc1ccccc1)Cc1ccccc1. The van der Waals surface area contributed by atoms with E-state index in [1.54, 1.807) is 0 Å². The van der Waals surface area contributed by atoms with Gasteiger partial charge in [0.2, 0.25) is 0 Å². The van der Waals surface area contributed by atoms with Gasteiger partial charge >= 0.3 is 0 Å². The molecule has 0 saturated carbocycles. The number of nitriles is 1. The predicted molar refractivity (Wildman–Crippen MR) is 82.3 cm³/mol. The van der Waals surface area contributed by atoms with Crippen LogP contribution in [-0.2, 0) is 12.8 Å². The minimum atomic E-state index is 0.369. The Balaban J connectivity index is 1.99. The van der Waals surface area contributed by atoms with Gasteiger partial charge in [-0.1, -0.05) is 60.7 Å². The summed E-state index contributed by atoms with van der Waals surface area (Å²) < 4.78 is 0. The van der Waals surface area contributed by atoms with Crippen molar-refractivity contribution in [3.63, 3.8) is 0 Å². The first kappa shape index (κ1) is 14.3. The summed E-state index contributed by atoms with van der Waals surface area (Å²) in [4.78, 5) is 0. The highest BCUT2D eigenvalue weighted by molar-refractivity contribution is 5.19. The van der Waals surface area contributed by atoms with Crippen LogP contribution in [-0.4, -0.2) is 12.6 Å². The Morgan fingerprint density at radius 3 is 1.80 bits per heavy atom. The molecular formula is C18H20N2. The number of nitrogens with zero attached hydrogens (tertiary/aromatic N) is 1. The quantitative estimate of drug-likeness (QED) is 0.778. The molecule has 0 aromatic heterocycles. The van der Waals surface area contributed by atoms with E-state index in [0.29, 0.717) is 12.5 Å². The van der Waals surface area contributed by atoms with Crippen LogP contribution in [0, 0.1) is 11.3 Å². The van der Waals surface area contributed by atoms with Gasteiger partial charge in [0, 0.05) is 19.0 Å². The summed E-state index contributed by atoms with van der Waals surface area (Å²) in [5, 5.41) is 12.2. The van der Waals surface area contributed by atoms with Crippen molar-refractivity contribution in [2.75, 3.05) is 6.54 Å². The largest absolute Gasteiger partial charge is 0.312 e. The van der Waals surface area contributed by atoms with Gasteiger partial charge < -0.3 is 5.32 Å². The van der Waals surface area contributed by atoms with Crippen molar-refractivity contribution in [3.05, 3.63) is 71.8 Å². The molecule has 0 radical (unpaired) electrons. The Morgan fingerprint density at radius 2 is 1.35 bits per heavy atom. The lowest BCUT2D eigenvalue weighted by atomic mass is 9.99. The molecule has 2 aromatic carbocycles. The molecular weight excluding hydrogens is 244 g/mol. The van der Waals surface area contributed by atoms with Gasteiger partial charge in [-0.05, 0) is 24.0 Å². The normalized spacial score (nSPS) is 10.4. The zero-order valence-corrected chi connectivity index (χ0v) is 11.6. The van der Waals surface area contributed by atoms with Crippen LogP contribution in [0.4, 0.5) is 0 Å². The van der Waals surface area contributed by atoms with Gasteiger partial charge in [0.1, 0.15) is 0 Å². The van der Waals surface area contributed by atoms with Crippen LogP contribution in [0.1, 0.15) is 17.5 Å². The summed E-state index contributed by atoms with van der Waals surface area (Å²) in [5.41, 5.74) is 2.66. The molecule has 0 aliphatic carbocycles. The molecule has 0 fully saturated rings. The summed E-state index contributed by atoms with van der Waals surface area (Å²) in [6.45, 7) is 0.751. The zero-order valence-electron chi connectivity index (χ0n) is 11.6. The van der Waals surface area contributed by atoms with Crippen molar-refractivity contribution in [1.29, 1.82) is 5.26 Å². The molecule has 2 nitrogen and oxygen atoms in total. The van der Waals surface area contributed by atoms with Gasteiger partial charge in [0.25, 0.3) is 0 Å². The Labute approximate surface area is 121 Å². The molecule has 102 valence electrons. The van der Waals surface area contributed by atoms with E-state index >= 15 is 0 Å². The van der Waals surface area contributed by atoms with E-state index in [0.717, 1.165) is 19.4 Å². The third-order valence-electron chi connectivity index (χ3n) is 3.32. The van der Waals surface area contributed by atoms with Crippen LogP contribution in [0.25, 0.3) is 0 Å². The summed E-state index contributed by atoms with van der Waals surface area (Å²) in [6, 6.07) is 23.6. The standard InChI is InChI=1S/C18H20N2/c19-12-7-13-20-18(14-16-8-3-1-4-9-16)15-17-10-5-2-6-11-17/h1-6,8-11,18,20H,7,13-15H2. The molecule has 0 unspecified atom stereocenters. The molecule has 0 spiro atoms. The van der Waals surface area contributed by atoms with Gasteiger partial charge in [-0.2, -0.15) is 5.26 Å². The summed E-state index contributed by atoms with van der Waals surface area (Å²) >= 11 is 0. The van der Waals surface area contributed by atoms with Crippen molar-refractivity contribution >= 4 is 0 Å². The first-order valence-electron chi connectivity index (χ1n) is 7.06. The molecule has 0 aliphatic heterocycles. The van der Waals surface area contributed by atoms with Crippen LogP contribution in [0.15, 0.2) is 60.7 Å². The molecule has 0 bridgehead atoms. The average molecular weight is 264 g/mol. The van der Waals surface area contributed by atoms with Crippen molar-refractivity contribution < 1.29 is 0 Å². The maximum absolute atomic E-state index is 8.67. The van der Waals surface area contributed by atoms with Gasteiger partial charge in [-0.3, -0.25) is 0 Å². The molecule has 1 N–H and O–H groups in total. The van der Waals surface area contributed by atoms with Crippen LogP contribution in [0.5, 0.6) is 0 Å². The van der Waals surface area contributed by atoms with Crippen LogP contribution in [0.2, 0.25) is 0 Å². The van der Waals surface area contributed by atoms with Gasteiger partial charge in [0.05, 0.1) is 6.07 Å². The molecule has 2 aromatic rings. The molecule has 2 rings (SSSR count). The minimum Gasteiger partial charge on any atom is -0.312 e. The lowest BCUT2D eigenvalue weighted by molar-refractivity contribution is 0.512. The van der Waals surface area contributed by atoms with E-state index in [4.69, 9.17) is 5.26 Å². The molecule has 0 saturated heterocycles. The number of rotatable bonds is 7. The Hall–Kier alpha value is -2.11. The topological polar surface area (TPSA) is 35.8 Å². The Bertz CT molecular complexity index is 487. The molecule has 0 heterocycles. The fourth-order valence-corrected chi connectivity index (χ4v) is 2.35. The number of benzene rings is 2. The Kier molecular flexibility index (Phi) is 5.82. The summed E-state index contributed by atoms with van der Waals surface area (Å²) in [6.07, 6.45) is 2.53. The van der Waals surface area contributed by atoms with E-state index < -0.39 is 0 Å². The van der Waals surface area contributed by atoms with E-state index in [1.807, 2.05) is 12.1 Å². The zero-order chi connectivity index (χ0) is 14.0. The number of hydrogen-bond donors (Lipinski definition) is 1. The third kappa shape index (κ3) is 4.87. The second-order valence-corrected chi connectivity index (χ2v) is 4.94. The molecule has 0 amide bonds. The highest BCUT2D eigenvalue weighted by atomic mass is 14.9. The molecule has 0 aliphatic rings. The summed E-state index contributed by atoms with van der Waals surface area (Å²) in [7, 11) is 0. The highest BCUT2D eigenvalue weighted by Crippen LogP contribution is 2.09. The van der Waals surface area contributed by atoms with Crippen molar-refractivity contribution in [2.45, 2.75) is 25.3 Å². The van der Waals surface area contributed by atoms with E-state index in [-0.39, 0.29) is 0 Å². The van der Waals surface area contributed by atoms with Crippen molar-refractivity contribution in [2.24, 2.45) is 0 Å². The third-order valence-corrected chi connectivity index (χ3v) is 3.32. The predicted octanol–water partition coefficient (Wildman–Crippen LogP) is 3.34. The van der Waals surface area contributed by atoms with Crippen LogP contribution >= 0.6 is 0 Å². The van der Waals surface area contributed by atoms with Crippen LogP contribution in [0.3, 0.4) is 0 Å². The van der Waals surface area contributed by atoms with Crippen molar-refractivity contribution in [3.8, 4) is 6.07 Å².